The molecule has 1 heterocycles. The number of nitrogens with one attached hydrogen (secondary N) is 1. The quantitative estimate of drug-likeness (QED) is 0.273. The second-order valence-corrected chi connectivity index (χ2v) is 12.4. The Balaban J connectivity index is 1.40. The van der Waals surface area contributed by atoms with Gasteiger partial charge in [0.05, 0.1) is 18.2 Å². The van der Waals surface area contributed by atoms with Crippen LogP contribution in [0.3, 0.4) is 0 Å². The van der Waals surface area contributed by atoms with Crippen LogP contribution >= 0.6 is 0 Å². The van der Waals surface area contributed by atoms with Gasteiger partial charge in [-0.2, -0.15) is 0 Å². The molecular weight excluding hydrogens is 554 g/mol. The fourth-order valence-corrected chi connectivity index (χ4v) is 7.64. The largest absolute Gasteiger partial charge is 0.508 e. The molecule has 2 saturated carbocycles. The molecule has 4 aliphatic rings. The van der Waals surface area contributed by atoms with Gasteiger partial charge in [0.2, 0.25) is 5.78 Å². The van der Waals surface area contributed by atoms with Crippen molar-refractivity contribution < 1.29 is 39.2 Å². The SMILES string of the molecule is CN(C)[C@@H]1C(=O)C(C(N)=O)=C(O)[C@@]2(O)C(=O)C3=C(O)c4c(O)ccc(-c5ccc(CNC6CCCCC6)o5)c4C[C@H]3C[C@@H]12. The number of benzene rings is 1. The maximum atomic E-state index is 14.0. The molecule has 1 aromatic heterocycles. The van der Waals surface area contributed by atoms with E-state index in [4.69, 9.17) is 10.2 Å². The predicted molar refractivity (Wildman–Crippen MR) is 156 cm³/mol. The average Bonchev–Trinajstić information content (AvgIpc) is 3.43. The predicted octanol–water partition coefficient (Wildman–Crippen LogP) is 2.65. The zero-order valence-electron chi connectivity index (χ0n) is 24.2. The smallest absolute Gasteiger partial charge is 0.255 e. The van der Waals surface area contributed by atoms with Crippen LogP contribution in [0.1, 0.15) is 55.4 Å². The third kappa shape index (κ3) is 4.49. The molecule has 2 fully saturated rings. The summed E-state index contributed by atoms with van der Waals surface area (Å²) in [6.07, 6.45) is 6.19. The van der Waals surface area contributed by atoms with E-state index < -0.39 is 58.0 Å². The molecule has 0 saturated heterocycles. The third-order valence-electron chi connectivity index (χ3n) is 9.70. The highest BCUT2D eigenvalue weighted by atomic mass is 16.4. The lowest BCUT2D eigenvalue weighted by Crippen LogP contribution is -2.65. The number of aliphatic hydroxyl groups is 3. The number of aromatic hydroxyl groups is 1. The third-order valence-corrected chi connectivity index (χ3v) is 9.70. The van der Waals surface area contributed by atoms with E-state index in [0.29, 0.717) is 29.5 Å². The summed E-state index contributed by atoms with van der Waals surface area (Å²) in [7, 11) is 3.14. The van der Waals surface area contributed by atoms with Crippen molar-refractivity contribution in [2.45, 2.75) is 69.2 Å². The van der Waals surface area contributed by atoms with Crippen LogP contribution in [0.4, 0.5) is 0 Å². The molecule has 0 spiro atoms. The van der Waals surface area contributed by atoms with Gasteiger partial charge < -0.3 is 35.9 Å². The minimum atomic E-state index is -2.67. The number of amides is 1. The van der Waals surface area contributed by atoms with Gasteiger partial charge in [-0.3, -0.25) is 19.3 Å². The van der Waals surface area contributed by atoms with Crippen LogP contribution in [0.15, 0.2) is 45.6 Å². The molecule has 1 aromatic carbocycles. The molecule has 0 aliphatic heterocycles. The van der Waals surface area contributed by atoms with E-state index in [1.807, 2.05) is 12.1 Å². The molecule has 4 aliphatic carbocycles. The van der Waals surface area contributed by atoms with Crippen molar-refractivity contribution in [1.29, 1.82) is 0 Å². The normalized spacial score (nSPS) is 27.8. The number of carbonyl (C=O) groups is 3. The van der Waals surface area contributed by atoms with Crippen molar-refractivity contribution in [2.75, 3.05) is 14.1 Å². The Morgan fingerprint density at radius 2 is 1.81 bits per heavy atom. The summed E-state index contributed by atoms with van der Waals surface area (Å²) in [5, 5.41) is 48.6. The van der Waals surface area contributed by atoms with Gasteiger partial charge in [0, 0.05) is 23.1 Å². The van der Waals surface area contributed by atoms with Crippen LogP contribution in [0.5, 0.6) is 5.75 Å². The van der Waals surface area contributed by atoms with Gasteiger partial charge in [0.15, 0.2) is 11.4 Å². The van der Waals surface area contributed by atoms with Crippen LogP contribution in [-0.2, 0) is 27.3 Å². The first kappa shape index (κ1) is 29.2. The van der Waals surface area contributed by atoms with Gasteiger partial charge in [-0.05, 0) is 75.5 Å². The monoisotopic (exact) mass is 591 g/mol. The van der Waals surface area contributed by atoms with Crippen LogP contribution in [0.25, 0.3) is 17.1 Å². The summed E-state index contributed by atoms with van der Waals surface area (Å²) in [4.78, 5) is 40.9. The molecule has 43 heavy (non-hydrogen) atoms. The number of furan rings is 1. The molecule has 0 radical (unpaired) electrons. The Bertz CT molecular complexity index is 1580. The number of likely N-dealkylation sites (N-methyl/N-ethyl adjacent to an activating group) is 1. The number of aliphatic hydroxyl groups excluding tert-OH is 2. The van der Waals surface area contributed by atoms with E-state index in [0.717, 1.165) is 18.6 Å². The number of ketones is 2. The second-order valence-electron chi connectivity index (χ2n) is 12.4. The number of Topliss-reactive ketones (excluding diaryl/α,β-unsaturated/α-hetero) is 2. The zero-order valence-corrected chi connectivity index (χ0v) is 24.2. The molecule has 11 heteroatoms. The molecule has 6 rings (SSSR count). The number of primary amides is 1. The number of nitrogens with zero attached hydrogens (tertiary/aromatic N) is 1. The lowest BCUT2D eigenvalue weighted by molar-refractivity contribution is -0.153. The topological polar surface area (TPSA) is 187 Å². The van der Waals surface area contributed by atoms with Crippen molar-refractivity contribution in [1.82, 2.24) is 10.2 Å². The fourth-order valence-electron chi connectivity index (χ4n) is 7.64. The maximum absolute atomic E-state index is 14.0. The minimum absolute atomic E-state index is 0.0234. The number of phenolic OH excluding ortho intramolecular Hbond substituents is 1. The van der Waals surface area contributed by atoms with Crippen LogP contribution < -0.4 is 11.1 Å². The summed E-state index contributed by atoms with van der Waals surface area (Å²) in [6, 6.07) is 6.15. The van der Waals surface area contributed by atoms with Gasteiger partial charge in [-0.1, -0.05) is 19.3 Å². The van der Waals surface area contributed by atoms with Crippen molar-refractivity contribution in [2.24, 2.45) is 17.6 Å². The Labute approximate surface area is 248 Å². The Hall–Kier alpha value is -3.93. The van der Waals surface area contributed by atoms with Crippen LogP contribution in [-0.4, -0.2) is 74.6 Å². The Morgan fingerprint density at radius 3 is 2.49 bits per heavy atom. The van der Waals surface area contributed by atoms with Gasteiger partial charge in [-0.15, -0.1) is 0 Å². The van der Waals surface area contributed by atoms with Crippen molar-refractivity contribution in [3.05, 3.63) is 58.1 Å². The molecule has 4 atom stereocenters. The molecule has 2 aromatic rings. The first-order valence-electron chi connectivity index (χ1n) is 14.8. The number of fused-ring (bicyclic) bond motifs is 3. The molecule has 0 bridgehead atoms. The van der Waals surface area contributed by atoms with E-state index in [9.17, 15) is 34.8 Å². The first-order valence-corrected chi connectivity index (χ1v) is 14.8. The highest BCUT2D eigenvalue weighted by molar-refractivity contribution is 6.24. The summed E-state index contributed by atoms with van der Waals surface area (Å²) in [5.41, 5.74) is 2.93. The summed E-state index contributed by atoms with van der Waals surface area (Å²) < 4.78 is 6.19. The van der Waals surface area contributed by atoms with Crippen LogP contribution in [0, 0.1) is 11.8 Å². The fraction of sp³-hybridized carbons (Fsp3) is 0.469. The standard InChI is InChI=1S/C32H37N3O8/c1-35(2)26-20-13-15-12-19-18(22-11-8-17(43-22)14-34-16-6-4-3-5-7-16)9-10-21(36)24(19)27(37)23(15)29(39)32(20,42)30(40)25(28(26)38)31(33)41/h8-11,15-16,20,26,34,36-37,40,42H,3-7,12-14H2,1-2H3,(H2,33,41)/t15-,20-,26-,32-/m0/s1. The Kier molecular flexibility index (Phi) is 7.22. The number of hydrogen-bond acceptors (Lipinski definition) is 10. The van der Waals surface area contributed by atoms with E-state index in [-0.39, 0.29) is 29.7 Å². The summed E-state index contributed by atoms with van der Waals surface area (Å²) in [6.45, 7) is 0.571. The lowest BCUT2D eigenvalue weighted by atomic mass is 9.57. The van der Waals surface area contributed by atoms with E-state index in [1.165, 1.54) is 30.2 Å². The van der Waals surface area contributed by atoms with Gasteiger partial charge in [0.25, 0.3) is 5.91 Å². The van der Waals surface area contributed by atoms with Gasteiger partial charge >= 0.3 is 0 Å². The average molecular weight is 592 g/mol. The van der Waals surface area contributed by atoms with Crippen LogP contribution in [0.2, 0.25) is 0 Å². The highest BCUT2D eigenvalue weighted by Crippen LogP contribution is 2.53. The Morgan fingerprint density at radius 1 is 1.09 bits per heavy atom. The zero-order chi connectivity index (χ0) is 30.8. The number of nitrogens with two attached hydrogens (primary N) is 1. The number of rotatable bonds is 6. The molecular formula is C32H37N3O8. The maximum Gasteiger partial charge on any atom is 0.255 e. The molecule has 1 amide bonds. The molecule has 228 valence electrons. The first-order chi connectivity index (χ1) is 20.4. The highest BCUT2D eigenvalue weighted by Gasteiger charge is 2.64. The van der Waals surface area contributed by atoms with Crippen molar-refractivity contribution in [3.63, 3.8) is 0 Å². The number of carbonyl (C=O) groups excluding carboxylic acids is 3. The molecule has 0 unspecified atom stereocenters. The lowest BCUT2D eigenvalue weighted by Gasteiger charge is -2.50. The number of hydrogen-bond donors (Lipinski definition) is 6. The second kappa shape index (κ2) is 10.7. The van der Waals surface area contributed by atoms with Crippen molar-refractivity contribution >= 4 is 23.2 Å². The van der Waals surface area contributed by atoms with Gasteiger partial charge in [0.1, 0.15) is 34.4 Å². The summed E-state index contributed by atoms with van der Waals surface area (Å²) in [5.74, 6) is -5.49. The molecule has 11 nitrogen and oxygen atoms in total. The van der Waals surface area contributed by atoms with E-state index in [1.54, 1.807) is 20.2 Å². The van der Waals surface area contributed by atoms with E-state index in [2.05, 4.69) is 5.32 Å². The minimum Gasteiger partial charge on any atom is -0.508 e. The van der Waals surface area contributed by atoms with Crippen molar-refractivity contribution in [3.8, 4) is 17.1 Å². The molecule has 7 N–H and O–H groups in total. The summed E-state index contributed by atoms with van der Waals surface area (Å²) >= 11 is 0. The van der Waals surface area contributed by atoms with Gasteiger partial charge in [-0.25, -0.2) is 0 Å². The number of phenols is 1. The van der Waals surface area contributed by atoms with E-state index >= 15 is 0 Å².